The second kappa shape index (κ2) is 6.32. The largest absolute Gasteiger partial charge is 0.396 e. The predicted octanol–water partition coefficient (Wildman–Crippen LogP) is 3.78. The van der Waals surface area contributed by atoms with Crippen molar-refractivity contribution in [1.29, 1.82) is 0 Å². The zero-order valence-electron chi connectivity index (χ0n) is 10.5. The van der Waals surface area contributed by atoms with Gasteiger partial charge >= 0.3 is 0 Å². The van der Waals surface area contributed by atoms with Crippen LogP contribution in [-0.4, -0.2) is 11.7 Å². The van der Waals surface area contributed by atoms with Gasteiger partial charge in [-0.3, -0.25) is 0 Å². The Morgan fingerprint density at radius 2 is 2.20 bits per heavy atom. The normalized spacial score (nSPS) is 26.9. The van der Waals surface area contributed by atoms with Crippen molar-refractivity contribution >= 4 is 0 Å². The number of rotatable bonds is 5. The summed E-state index contributed by atoms with van der Waals surface area (Å²) in [5, 5.41) is 8.84. The standard InChI is InChI=1S/C14H26O/c1-11(2)9-13-6-7-14(5-4-8-15)12(3)10-13/h6,11-12,14-15H,4-5,7-10H2,1-3H3/t12-,14?/m0/s1. The first-order valence-electron chi connectivity index (χ1n) is 6.42. The maximum atomic E-state index is 8.84. The van der Waals surface area contributed by atoms with Crippen molar-refractivity contribution in [2.24, 2.45) is 17.8 Å². The molecule has 0 aromatic rings. The lowest BCUT2D eigenvalue weighted by molar-refractivity contribution is 0.244. The molecule has 1 aliphatic rings. The van der Waals surface area contributed by atoms with Crippen LogP contribution in [0.1, 0.15) is 52.9 Å². The van der Waals surface area contributed by atoms with Crippen molar-refractivity contribution in [3.63, 3.8) is 0 Å². The summed E-state index contributed by atoms with van der Waals surface area (Å²) in [5.74, 6) is 2.42. The van der Waals surface area contributed by atoms with Gasteiger partial charge in [0.1, 0.15) is 0 Å². The SMILES string of the molecule is CC(C)CC1=CCC(CCCO)[C@@H](C)C1. The predicted molar refractivity (Wildman–Crippen MR) is 65.7 cm³/mol. The van der Waals surface area contributed by atoms with E-state index in [9.17, 15) is 0 Å². The highest BCUT2D eigenvalue weighted by molar-refractivity contribution is 5.08. The van der Waals surface area contributed by atoms with Crippen molar-refractivity contribution in [2.75, 3.05) is 6.61 Å². The fourth-order valence-electron chi connectivity index (χ4n) is 2.66. The molecule has 0 aromatic heterocycles. The molecule has 0 fully saturated rings. The highest BCUT2D eigenvalue weighted by Gasteiger charge is 2.21. The molecule has 0 radical (unpaired) electrons. The molecule has 0 saturated carbocycles. The number of aliphatic hydroxyl groups is 1. The molecule has 0 saturated heterocycles. The minimum absolute atomic E-state index is 0.353. The molecule has 15 heavy (non-hydrogen) atoms. The van der Waals surface area contributed by atoms with Crippen LogP contribution in [0.25, 0.3) is 0 Å². The fourth-order valence-corrected chi connectivity index (χ4v) is 2.66. The molecule has 1 rings (SSSR count). The molecule has 0 aromatic carbocycles. The van der Waals surface area contributed by atoms with E-state index >= 15 is 0 Å². The van der Waals surface area contributed by atoms with Gasteiger partial charge in [-0.1, -0.05) is 32.4 Å². The summed E-state index contributed by atoms with van der Waals surface area (Å²) in [6.45, 7) is 7.31. The highest BCUT2D eigenvalue weighted by atomic mass is 16.2. The van der Waals surface area contributed by atoms with Crippen LogP contribution in [0.2, 0.25) is 0 Å². The van der Waals surface area contributed by atoms with Crippen LogP contribution in [0.4, 0.5) is 0 Å². The monoisotopic (exact) mass is 210 g/mol. The number of aliphatic hydroxyl groups excluding tert-OH is 1. The van der Waals surface area contributed by atoms with Gasteiger partial charge in [0.15, 0.2) is 0 Å². The summed E-state index contributed by atoms with van der Waals surface area (Å²) in [6.07, 6.45) is 8.43. The molecule has 1 unspecified atom stereocenters. The maximum absolute atomic E-state index is 8.84. The molecule has 1 nitrogen and oxygen atoms in total. The number of hydrogen-bond acceptors (Lipinski definition) is 1. The summed E-state index contributed by atoms with van der Waals surface area (Å²) in [6, 6.07) is 0. The molecule has 0 spiro atoms. The second-order valence-electron chi connectivity index (χ2n) is 5.50. The van der Waals surface area contributed by atoms with E-state index in [2.05, 4.69) is 26.8 Å². The van der Waals surface area contributed by atoms with Gasteiger partial charge < -0.3 is 5.11 Å². The van der Waals surface area contributed by atoms with Crippen LogP contribution in [0, 0.1) is 17.8 Å². The molecule has 2 atom stereocenters. The van der Waals surface area contributed by atoms with E-state index in [1.54, 1.807) is 5.57 Å². The Morgan fingerprint density at radius 3 is 2.73 bits per heavy atom. The van der Waals surface area contributed by atoms with Crippen LogP contribution in [0.5, 0.6) is 0 Å². The summed E-state index contributed by atoms with van der Waals surface area (Å²) >= 11 is 0. The molecule has 0 bridgehead atoms. The van der Waals surface area contributed by atoms with Crippen molar-refractivity contribution in [1.82, 2.24) is 0 Å². The van der Waals surface area contributed by atoms with E-state index in [-0.39, 0.29) is 0 Å². The van der Waals surface area contributed by atoms with Crippen molar-refractivity contribution in [2.45, 2.75) is 52.9 Å². The van der Waals surface area contributed by atoms with Gasteiger partial charge in [-0.2, -0.15) is 0 Å². The van der Waals surface area contributed by atoms with Crippen LogP contribution in [-0.2, 0) is 0 Å². The number of allylic oxidation sites excluding steroid dienone is 2. The first-order valence-corrected chi connectivity index (χ1v) is 6.42. The molecule has 0 aliphatic heterocycles. The topological polar surface area (TPSA) is 20.2 Å². The van der Waals surface area contributed by atoms with Crippen LogP contribution >= 0.6 is 0 Å². The lowest BCUT2D eigenvalue weighted by Gasteiger charge is -2.29. The van der Waals surface area contributed by atoms with E-state index in [0.29, 0.717) is 6.61 Å². The third-order valence-electron chi connectivity index (χ3n) is 3.50. The van der Waals surface area contributed by atoms with Gasteiger partial charge in [0, 0.05) is 6.61 Å². The lowest BCUT2D eigenvalue weighted by atomic mass is 9.77. The summed E-state index contributed by atoms with van der Waals surface area (Å²) < 4.78 is 0. The third kappa shape index (κ3) is 4.38. The average Bonchev–Trinajstić information content (AvgIpc) is 2.15. The Bertz CT molecular complexity index is 205. The van der Waals surface area contributed by atoms with E-state index in [1.807, 2.05) is 0 Å². The molecule has 1 aliphatic carbocycles. The quantitative estimate of drug-likeness (QED) is 0.685. The van der Waals surface area contributed by atoms with Crippen LogP contribution in [0.15, 0.2) is 11.6 Å². The summed E-state index contributed by atoms with van der Waals surface area (Å²) in [7, 11) is 0. The molecular formula is C14H26O. The van der Waals surface area contributed by atoms with Gasteiger partial charge in [0.05, 0.1) is 0 Å². The minimum atomic E-state index is 0.353. The second-order valence-corrected chi connectivity index (χ2v) is 5.50. The lowest BCUT2D eigenvalue weighted by Crippen LogP contribution is -2.17. The maximum Gasteiger partial charge on any atom is 0.0431 e. The third-order valence-corrected chi connectivity index (χ3v) is 3.50. The molecule has 0 heterocycles. The summed E-state index contributed by atoms with van der Waals surface area (Å²) in [4.78, 5) is 0. The number of hydrogen-bond donors (Lipinski definition) is 1. The first-order chi connectivity index (χ1) is 7.13. The Labute approximate surface area is 94.6 Å². The van der Waals surface area contributed by atoms with E-state index in [0.717, 1.165) is 24.2 Å². The van der Waals surface area contributed by atoms with Gasteiger partial charge in [-0.05, 0) is 49.9 Å². The molecule has 88 valence electrons. The van der Waals surface area contributed by atoms with Gasteiger partial charge in [0.25, 0.3) is 0 Å². The Morgan fingerprint density at radius 1 is 1.47 bits per heavy atom. The summed E-state index contributed by atoms with van der Waals surface area (Å²) in [5.41, 5.74) is 1.66. The first kappa shape index (κ1) is 12.8. The minimum Gasteiger partial charge on any atom is -0.396 e. The fraction of sp³-hybridized carbons (Fsp3) is 0.857. The van der Waals surface area contributed by atoms with Gasteiger partial charge in [-0.15, -0.1) is 0 Å². The molecule has 1 heteroatoms. The Kier molecular flexibility index (Phi) is 5.38. The smallest absolute Gasteiger partial charge is 0.0431 e. The Balaban J connectivity index is 2.40. The van der Waals surface area contributed by atoms with E-state index in [1.165, 1.54) is 25.7 Å². The van der Waals surface area contributed by atoms with E-state index < -0.39 is 0 Å². The van der Waals surface area contributed by atoms with Crippen molar-refractivity contribution in [3.8, 4) is 0 Å². The zero-order valence-corrected chi connectivity index (χ0v) is 10.5. The van der Waals surface area contributed by atoms with Gasteiger partial charge in [0.2, 0.25) is 0 Å². The van der Waals surface area contributed by atoms with Crippen LogP contribution in [0.3, 0.4) is 0 Å². The van der Waals surface area contributed by atoms with Crippen LogP contribution < -0.4 is 0 Å². The van der Waals surface area contributed by atoms with E-state index in [4.69, 9.17) is 5.11 Å². The zero-order chi connectivity index (χ0) is 11.3. The highest BCUT2D eigenvalue weighted by Crippen LogP contribution is 2.34. The average molecular weight is 210 g/mol. The molecule has 1 N–H and O–H groups in total. The molecule has 0 amide bonds. The van der Waals surface area contributed by atoms with Crippen molar-refractivity contribution in [3.05, 3.63) is 11.6 Å². The van der Waals surface area contributed by atoms with Gasteiger partial charge in [-0.25, -0.2) is 0 Å². The van der Waals surface area contributed by atoms with Crippen molar-refractivity contribution < 1.29 is 5.11 Å². The molecular weight excluding hydrogens is 184 g/mol. The Hall–Kier alpha value is -0.300.